The van der Waals surface area contributed by atoms with Crippen molar-refractivity contribution in [1.82, 2.24) is 30.4 Å². The van der Waals surface area contributed by atoms with Crippen molar-refractivity contribution in [3.8, 4) is 11.1 Å². The fraction of sp³-hybridized carbons (Fsp3) is 0.286. The minimum absolute atomic E-state index is 0.239. The molecular weight excluding hydrogens is 715 g/mol. The number of anilines is 1. The summed E-state index contributed by atoms with van der Waals surface area (Å²) in [6.07, 6.45) is 1.22. The summed E-state index contributed by atoms with van der Waals surface area (Å²) in [6.45, 7) is 0.909. The van der Waals surface area contributed by atoms with E-state index in [0.717, 1.165) is 35.0 Å². The zero-order valence-electron chi connectivity index (χ0n) is 31.1. The molecule has 3 heterocycles. The van der Waals surface area contributed by atoms with Crippen molar-refractivity contribution in [3.63, 3.8) is 0 Å². The predicted molar refractivity (Wildman–Crippen MR) is 208 cm³/mol. The van der Waals surface area contributed by atoms with E-state index < -0.39 is 30.3 Å². The maximum atomic E-state index is 13.9. The topological polar surface area (TPSA) is 175 Å². The zero-order chi connectivity index (χ0) is 39.2. The van der Waals surface area contributed by atoms with Gasteiger partial charge in [0.15, 0.2) is 0 Å². The molecule has 56 heavy (non-hydrogen) atoms. The number of H-pyrrole nitrogens is 1. The molecule has 0 saturated carbocycles. The quantitative estimate of drug-likeness (QED) is 0.134. The Morgan fingerprint density at radius 3 is 1.86 bits per heavy atom. The number of amides is 5. The number of likely N-dealkylation sites (tertiary alicyclic amines) is 2. The van der Waals surface area contributed by atoms with Crippen molar-refractivity contribution in [2.75, 3.05) is 32.6 Å². The van der Waals surface area contributed by atoms with Crippen molar-refractivity contribution >= 4 is 46.6 Å². The first-order chi connectivity index (χ1) is 27.2. The first-order valence-electron chi connectivity index (χ1n) is 18.5. The number of ether oxygens (including phenoxy) is 2. The van der Waals surface area contributed by atoms with Crippen LogP contribution in [0, 0.1) is 0 Å². The van der Waals surface area contributed by atoms with E-state index in [1.54, 1.807) is 41.3 Å². The Bertz CT molecular complexity index is 2210. The Labute approximate surface area is 323 Å². The molecule has 5 amide bonds. The van der Waals surface area contributed by atoms with E-state index in [1.165, 1.54) is 19.1 Å². The van der Waals surface area contributed by atoms with Gasteiger partial charge < -0.3 is 40.2 Å². The summed E-state index contributed by atoms with van der Waals surface area (Å²) in [5.74, 6) is -0.264. The molecule has 0 bridgehead atoms. The lowest BCUT2D eigenvalue weighted by molar-refractivity contribution is -0.138. The van der Waals surface area contributed by atoms with Crippen molar-refractivity contribution in [2.45, 2.75) is 49.9 Å². The van der Waals surface area contributed by atoms with Crippen LogP contribution in [0.5, 0.6) is 0 Å². The van der Waals surface area contributed by atoms with Crippen LogP contribution in [0.25, 0.3) is 22.2 Å². The standard InChI is InChI=1S/C42H43N7O7/c1-55-41(53)46-35(27-11-5-3-6-12-27)39(51)48-23-9-15-33(48)37-44-31-22-19-29(25-32(31)45-37)26-17-20-30(21-18-26)43-38(50)34-16-10-24-49(34)40(52)36(47-42(54)56-2)28-13-7-4-8-14-28/h3-8,11-14,17-22,25,33-36H,9-10,15-16,23-24H2,1-2H3,(H,43,50)(H,44,45)(H,46,53)(H,47,54)/t33-,34-,35+,36+/m0/s1. The van der Waals surface area contributed by atoms with E-state index in [9.17, 15) is 24.0 Å². The number of benzene rings is 4. The van der Waals surface area contributed by atoms with Crippen LogP contribution in [0.4, 0.5) is 15.3 Å². The zero-order valence-corrected chi connectivity index (χ0v) is 31.1. The van der Waals surface area contributed by atoms with Crippen LogP contribution in [0.3, 0.4) is 0 Å². The molecule has 288 valence electrons. The molecule has 2 fully saturated rings. The maximum absolute atomic E-state index is 13.9. The fourth-order valence-corrected chi connectivity index (χ4v) is 7.51. The number of fused-ring (bicyclic) bond motifs is 1. The molecule has 0 spiro atoms. The van der Waals surface area contributed by atoms with Gasteiger partial charge in [0.25, 0.3) is 11.8 Å². The van der Waals surface area contributed by atoms with E-state index in [2.05, 4.69) is 20.9 Å². The molecule has 4 aromatic carbocycles. The summed E-state index contributed by atoms with van der Waals surface area (Å²) < 4.78 is 9.58. The van der Waals surface area contributed by atoms with E-state index in [4.69, 9.17) is 14.5 Å². The average molecular weight is 758 g/mol. The van der Waals surface area contributed by atoms with Gasteiger partial charge in [-0.15, -0.1) is 0 Å². The summed E-state index contributed by atoms with van der Waals surface area (Å²) >= 11 is 0. The molecule has 14 heteroatoms. The van der Waals surface area contributed by atoms with Crippen LogP contribution in [-0.2, 0) is 23.9 Å². The minimum Gasteiger partial charge on any atom is -0.453 e. The first kappa shape index (κ1) is 37.6. The van der Waals surface area contributed by atoms with Gasteiger partial charge in [0.1, 0.15) is 23.9 Å². The summed E-state index contributed by atoms with van der Waals surface area (Å²) in [5, 5.41) is 8.28. The predicted octanol–water partition coefficient (Wildman–Crippen LogP) is 6.02. The molecule has 5 aromatic rings. The number of carbonyl (C=O) groups is 5. The first-order valence-corrected chi connectivity index (χ1v) is 18.5. The van der Waals surface area contributed by atoms with Gasteiger partial charge in [0.05, 0.1) is 31.3 Å². The number of imidazole rings is 1. The lowest BCUT2D eigenvalue weighted by Gasteiger charge is -2.28. The smallest absolute Gasteiger partial charge is 0.407 e. The third-order valence-electron chi connectivity index (χ3n) is 10.3. The highest BCUT2D eigenvalue weighted by Crippen LogP contribution is 2.35. The van der Waals surface area contributed by atoms with Gasteiger partial charge in [0.2, 0.25) is 5.91 Å². The van der Waals surface area contributed by atoms with Crippen molar-refractivity contribution in [2.24, 2.45) is 0 Å². The molecule has 7 rings (SSSR count). The van der Waals surface area contributed by atoms with Gasteiger partial charge >= 0.3 is 12.2 Å². The highest BCUT2D eigenvalue weighted by Gasteiger charge is 2.39. The normalized spacial score (nSPS) is 17.5. The maximum Gasteiger partial charge on any atom is 0.407 e. The Kier molecular flexibility index (Phi) is 11.3. The second-order valence-electron chi connectivity index (χ2n) is 13.8. The second kappa shape index (κ2) is 16.8. The Morgan fingerprint density at radius 2 is 1.25 bits per heavy atom. The monoisotopic (exact) mass is 757 g/mol. The number of nitrogens with one attached hydrogen (secondary N) is 4. The summed E-state index contributed by atoms with van der Waals surface area (Å²) in [4.78, 5) is 77.1. The van der Waals surface area contributed by atoms with Crippen LogP contribution in [-0.4, -0.2) is 83.0 Å². The SMILES string of the molecule is COC(=O)N[C@@H](C(=O)N1CCC[C@H]1C(=O)Nc1ccc(-c2ccc3nc([C@@H]4CCCN4C(=O)[C@H](NC(=O)OC)c4ccccc4)[nH]c3c2)cc1)c1ccccc1. The van der Waals surface area contributed by atoms with Gasteiger partial charge in [0, 0.05) is 18.8 Å². The lowest BCUT2D eigenvalue weighted by Crippen LogP contribution is -2.48. The van der Waals surface area contributed by atoms with Crippen molar-refractivity contribution in [3.05, 3.63) is 120 Å². The van der Waals surface area contributed by atoms with Crippen LogP contribution in [0.2, 0.25) is 0 Å². The van der Waals surface area contributed by atoms with Gasteiger partial charge in [-0.3, -0.25) is 14.4 Å². The number of aromatic nitrogens is 2. The molecule has 2 saturated heterocycles. The van der Waals surface area contributed by atoms with E-state index in [0.29, 0.717) is 48.6 Å². The third-order valence-corrected chi connectivity index (χ3v) is 10.3. The number of methoxy groups -OCH3 is 2. The molecule has 4 atom stereocenters. The molecule has 0 unspecified atom stereocenters. The van der Waals surface area contributed by atoms with Crippen molar-refractivity contribution in [1.29, 1.82) is 0 Å². The molecule has 1 aromatic heterocycles. The fourth-order valence-electron chi connectivity index (χ4n) is 7.51. The van der Waals surface area contributed by atoms with E-state index in [1.807, 2.05) is 66.7 Å². The Morgan fingerprint density at radius 1 is 0.696 bits per heavy atom. The number of aromatic amines is 1. The van der Waals surface area contributed by atoms with Crippen molar-refractivity contribution < 1.29 is 33.4 Å². The van der Waals surface area contributed by atoms with E-state index in [-0.39, 0.29) is 23.8 Å². The number of rotatable bonds is 10. The molecule has 0 aliphatic carbocycles. The number of hydrogen-bond acceptors (Lipinski definition) is 8. The van der Waals surface area contributed by atoms with E-state index >= 15 is 0 Å². The number of nitrogens with zero attached hydrogens (tertiary/aromatic N) is 3. The summed E-state index contributed by atoms with van der Waals surface area (Å²) in [6, 6.07) is 28.4. The molecule has 4 N–H and O–H groups in total. The Balaban J connectivity index is 1.03. The number of hydrogen-bond donors (Lipinski definition) is 4. The minimum atomic E-state index is -0.999. The van der Waals surface area contributed by atoms with Crippen LogP contribution >= 0.6 is 0 Å². The molecule has 0 radical (unpaired) electrons. The lowest BCUT2D eigenvalue weighted by atomic mass is 10.0. The van der Waals surface area contributed by atoms with Gasteiger partial charge in [-0.1, -0.05) is 78.9 Å². The van der Waals surface area contributed by atoms with Gasteiger partial charge in [-0.25, -0.2) is 14.6 Å². The number of carbonyl (C=O) groups excluding carboxylic acids is 5. The third kappa shape index (κ3) is 8.04. The van der Waals surface area contributed by atoms with Crippen LogP contribution < -0.4 is 16.0 Å². The van der Waals surface area contributed by atoms with Gasteiger partial charge in [-0.2, -0.15) is 0 Å². The summed E-state index contributed by atoms with van der Waals surface area (Å²) in [5.41, 5.74) is 5.23. The number of alkyl carbamates (subject to hydrolysis) is 2. The molecular formula is C42H43N7O7. The second-order valence-corrected chi connectivity index (χ2v) is 13.8. The highest BCUT2D eigenvalue weighted by atomic mass is 16.5. The molecule has 2 aliphatic heterocycles. The molecule has 14 nitrogen and oxygen atoms in total. The van der Waals surface area contributed by atoms with Gasteiger partial charge in [-0.05, 0) is 72.2 Å². The average Bonchev–Trinajstić information content (AvgIpc) is 4.02. The van der Waals surface area contributed by atoms with Crippen LogP contribution in [0.15, 0.2) is 103 Å². The molecule has 2 aliphatic rings. The largest absolute Gasteiger partial charge is 0.453 e. The highest BCUT2D eigenvalue weighted by molar-refractivity contribution is 5.99. The summed E-state index contributed by atoms with van der Waals surface area (Å²) in [7, 11) is 2.50. The Hall–Kier alpha value is -6.70. The van der Waals surface area contributed by atoms with Crippen LogP contribution in [0.1, 0.15) is 60.8 Å².